The summed E-state index contributed by atoms with van der Waals surface area (Å²) in [5, 5.41) is 22.2. The number of hydrogen-bond donors (Lipinski definition) is 3. The highest BCUT2D eigenvalue weighted by Gasteiger charge is 2.07. The number of hydrogen-bond acceptors (Lipinski definition) is 3. The molecule has 0 unspecified atom stereocenters. The molecule has 0 bridgehead atoms. The molecule has 0 amide bonds. The van der Waals surface area contributed by atoms with Gasteiger partial charge in [0.25, 0.3) is 0 Å². The van der Waals surface area contributed by atoms with Crippen LogP contribution in [0.5, 0.6) is 0 Å². The zero-order chi connectivity index (χ0) is 24.2. The highest BCUT2D eigenvalue weighted by molar-refractivity contribution is 5.89. The van der Waals surface area contributed by atoms with Gasteiger partial charge in [-0.1, -0.05) is 66.2 Å². The van der Waals surface area contributed by atoms with E-state index in [0.717, 1.165) is 11.1 Å². The van der Waals surface area contributed by atoms with Gasteiger partial charge in [0, 0.05) is 12.0 Å². The molecule has 0 fully saturated rings. The Kier molecular flexibility index (Phi) is 5.49. The second-order valence-electron chi connectivity index (χ2n) is 6.88. The third kappa shape index (κ3) is 6.01. The summed E-state index contributed by atoms with van der Waals surface area (Å²) in [6.45, 7) is -0.650. The molecule has 0 spiro atoms. The van der Waals surface area contributed by atoms with Crippen LogP contribution >= 0.6 is 0 Å². The normalized spacial score (nSPS) is 15.0. The van der Waals surface area contributed by atoms with Gasteiger partial charge in [-0.05, 0) is 60.6 Å². The lowest BCUT2D eigenvalue weighted by molar-refractivity contribution is 0.0697. The van der Waals surface area contributed by atoms with Crippen molar-refractivity contribution in [3.63, 3.8) is 0 Å². The van der Waals surface area contributed by atoms with Crippen LogP contribution in [0.3, 0.4) is 0 Å². The molecular weight excluding hydrogens is 362 g/mol. The van der Waals surface area contributed by atoms with Crippen LogP contribution < -0.4 is 5.32 Å². The van der Waals surface area contributed by atoms with Gasteiger partial charge in [0.05, 0.1) is 11.7 Å². The third-order valence-corrected chi connectivity index (χ3v) is 4.56. The number of nitrogens with one attached hydrogen (secondary N) is 1. The molecule has 3 aromatic carbocycles. The summed E-state index contributed by atoms with van der Waals surface area (Å²) in [4.78, 5) is 11.2. The monoisotopic (exact) mass is 393 g/mol. The second kappa shape index (κ2) is 10.0. The molecule has 0 saturated carbocycles. The van der Waals surface area contributed by atoms with Crippen molar-refractivity contribution in [2.45, 2.75) is 25.8 Å². The first kappa shape index (κ1) is 15.9. The SMILES string of the molecule is [2H]C([2H])(Cc1cccc(-c2cccc(C(=O)O)c2)c1)C([2H])([2H])NC[C@H](O)c1cccc(C)c1. The maximum atomic E-state index is 11.2. The van der Waals surface area contributed by atoms with E-state index >= 15 is 0 Å². The average molecular weight is 394 g/mol. The number of aryl methyl sites for hydroxylation is 2. The molecule has 0 heterocycles. The third-order valence-electron chi connectivity index (χ3n) is 4.56. The zero-order valence-electron chi connectivity index (χ0n) is 20.2. The van der Waals surface area contributed by atoms with Crippen molar-refractivity contribution < 1.29 is 20.5 Å². The Morgan fingerprint density at radius 3 is 2.52 bits per heavy atom. The number of carboxylic acids is 1. The highest BCUT2D eigenvalue weighted by atomic mass is 16.4. The number of benzene rings is 3. The smallest absolute Gasteiger partial charge is 0.335 e. The molecule has 0 aromatic heterocycles. The minimum absolute atomic E-state index is 0.141. The van der Waals surface area contributed by atoms with E-state index in [1.807, 2.05) is 13.0 Å². The van der Waals surface area contributed by atoms with E-state index in [9.17, 15) is 15.0 Å². The zero-order valence-corrected chi connectivity index (χ0v) is 16.2. The van der Waals surface area contributed by atoms with E-state index in [4.69, 9.17) is 5.48 Å². The molecule has 4 nitrogen and oxygen atoms in total. The molecular formula is C25H27NO3. The largest absolute Gasteiger partial charge is 0.478 e. The van der Waals surface area contributed by atoms with Crippen molar-refractivity contribution in [3.8, 4) is 11.1 Å². The lowest BCUT2D eigenvalue weighted by Gasteiger charge is -2.13. The lowest BCUT2D eigenvalue weighted by atomic mass is 9.99. The van der Waals surface area contributed by atoms with Crippen LogP contribution in [0, 0.1) is 6.92 Å². The Labute approximate surface area is 177 Å². The number of aliphatic hydroxyl groups is 1. The Morgan fingerprint density at radius 1 is 1.03 bits per heavy atom. The summed E-state index contributed by atoms with van der Waals surface area (Å²) >= 11 is 0. The summed E-state index contributed by atoms with van der Waals surface area (Å²) in [6.07, 6.45) is -3.46. The van der Waals surface area contributed by atoms with Gasteiger partial charge in [-0.3, -0.25) is 0 Å². The topological polar surface area (TPSA) is 69.6 Å². The molecule has 0 aliphatic rings. The molecule has 3 N–H and O–H groups in total. The van der Waals surface area contributed by atoms with Crippen LogP contribution in [0.1, 0.15) is 45.0 Å². The van der Waals surface area contributed by atoms with Gasteiger partial charge in [-0.2, -0.15) is 0 Å². The Hall–Kier alpha value is -2.95. The Morgan fingerprint density at radius 2 is 1.76 bits per heavy atom. The maximum Gasteiger partial charge on any atom is 0.335 e. The predicted molar refractivity (Wildman–Crippen MR) is 116 cm³/mol. The van der Waals surface area contributed by atoms with E-state index in [2.05, 4.69) is 5.32 Å². The fourth-order valence-electron chi connectivity index (χ4n) is 3.04. The van der Waals surface area contributed by atoms with Gasteiger partial charge < -0.3 is 15.5 Å². The molecule has 0 aliphatic carbocycles. The van der Waals surface area contributed by atoms with Crippen LogP contribution in [-0.4, -0.2) is 29.2 Å². The van der Waals surface area contributed by atoms with Crippen LogP contribution in [-0.2, 0) is 6.42 Å². The molecule has 3 rings (SSSR count). The van der Waals surface area contributed by atoms with Crippen molar-refractivity contribution in [3.05, 3.63) is 95.1 Å². The van der Waals surface area contributed by atoms with Gasteiger partial charge in [0.2, 0.25) is 0 Å². The minimum atomic E-state index is -2.41. The van der Waals surface area contributed by atoms with Crippen molar-refractivity contribution in [2.75, 3.05) is 13.0 Å². The fourth-order valence-corrected chi connectivity index (χ4v) is 3.04. The van der Waals surface area contributed by atoms with E-state index in [0.29, 0.717) is 16.7 Å². The number of carbonyl (C=O) groups is 1. The van der Waals surface area contributed by atoms with Gasteiger partial charge in [-0.15, -0.1) is 0 Å². The van der Waals surface area contributed by atoms with Crippen molar-refractivity contribution in [2.24, 2.45) is 0 Å². The second-order valence-corrected chi connectivity index (χ2v) is 6.88. The first-order valence-corrected chi connectivity index (χ1v) is 9.41. The number of aliphatic hydroxyl groups excluding tert-OH is 1. The highest BCUT2D eigenvalue weighted by Crippen LogP contribution is 2.22. The van der Waals surface area contributed by atoms with Crippen molar-refractivity contribution >= 4 is 5.97 Å². The van der Waals surface area contributed by atoms with E-state index in [1.165, 1.54) is 6.07 Å². The Balaban J connectivity index is 1.73. The number of carboxylic acid groups (broad SMARTS) is 1. The van der Waals surface area contributed by atoms with E-state index in [-0.39, 0.29) is 18.5 Å². The molecule has 0 saturated heterocycles. The van der Waals surface area contributed by atoms with Crippen LogP contribution in [0.2, 0.25) is 0 Å². The number of aromatic carboxylic acids is 1. The molecule has 0 radical (unpaired) electrons. The minimum Gasteiger partial charge on any atom is -0.478 e. The average Bonchev–Trinajstić information content (AvgIpc) is 2.77. The summed E-state index contributed by atoms with van der Waals surface area (Å²) in [6, 6.07) is 20.7. The molecule has 4 heteroatoms. The summed E-state index contributed by atoms with van der Waals surface area (Å²) < 4.78 is 33.3. The molecule has 1 atom stereocenters. The number of rotatable bonds is 9. The van der Waals surface area contributed by atoms with Crippen LogP contribution in [0.15, 0.2) is 72.8 Å². The fraction of sp³-hybridized carbons (Fsp3) is 0.240. The van der Waals surface area contributed by atoms with Crippen LogP contribution in [0.4, 0.5) is 0 Å². The van der Waals surface area contributed by atoms with Crippen molar-refractivity contribution in [1.29, 1.82) is 0 Å². The summed E-state index contributed by atoms with van der Waals surface area (Å²) in [5.41, 5.74) is 3.73. The molecule has 3 aromatic rings. The lowest BCUT2D eigenvalue weighted by Crippen LogP contribution is -2.22. The molecule has 29 heavy (non-hydrogen) atoms. The summed E-state index contributed by atoms with van der Waals surface area (Å²) in [5.74, 6) is -1.03. The van der Waals surface area contributed by atoms with Gasteiger partial charge in [0.1, 0.15) is 0 Å². The van der Waals surface area contributed by atoms with E-state index in [1.54, 1.807) is 60.7 Å². The van der Waals surface area contributed by atoms with Gasteiger partial charge in [-0.25, -0.2) is 4.79 Å². The standard InChI is InChI=1S/C25H27NO3/c1-18-6-2-11-22(14-18)24(27)17-26-13-5-8-19-7-3-9-20(15-19)21-10-4-12-23(16-21)25(28)29/h2-4,6-7,9-12,14-16,24,26-27H,5,8,13,17H2,1H3,(H,28,29)/t24-/m0/s1/i5D2,13D2. The molecule has 0 aliphatic heterocycles. The Bertz CT molecular complexity index is 1130. The first-order valence-electron chi connectivity index (χ1n) is 11.4. The van der Waals surface area contributed by atoms with E-state index < -0.39 is 24.9 Å². The van der Waals surface area contributed by atoms with Gasteiger partial charge >= 0.3 is 5.97 Å². The quantitative estimate of drug-likeness (QED) is 0.496. The predicted octanol–water partition coefficient (Wildman–Crippen LogP) is 4.62. The van der Waals surface area contributed by atoms with Crippen molar-refractivity contribution in [1.82, 2.24) is 5.32 Å². The molecule has 150 valence electrons. The van der Waals surface area contributed by atoms with Gasteiger partial charge in [0.15, 0.2) is 0 Å². The first-order chi connectivity index (χ1) is 15.5. The summed E-state index contributed by atoms with van der Waals surface area (Å²) in [7, 11) is 0. The van der Waals surface area contributed by atoms with Crippen LogP contribution in [0.25, 0.3) is 11.1 Å². The maximum absolute atomic E-state index is 11.2.